The Morgan fingerprint density at radius 1 is 1.19 bits per heavy atom. The van der Waals surface area contributed by atoms with Gasteiger partial charge in [-0.15, -0.1) is 24.8 Å². The SMILES string of the molecule is COc1cc(C)c(CN2CCC3(CC2)[C@H](O)C[C@@H]3OCCN)cc1C.Cl.Cl. The summed E-state index contributed by atoms with van der Waals surface area (Å²) in [6.07, 6.45) is 2.71. The van der Waals surface area contributed by atoms with Crippen molar-refractivity contribution in [3.05, 3.63) is 28.8 Å². The zero-order valence-electron chi connectivity index (χ0n) is 16.6. The number of hydrogen-bond acceptors (Lipinski definition) is 5. The van der Waals surface area contributed by atoms with Gasteiger partial charge in [0, 0.05) is 24.9 Å². The van der Waals surface area contributed by atoms with Crippen LogP contribution in [0.15, 0.2) is 12.1 Å². The number of benzene rings is 1. The molecule has 0 amide bonds. The van der Waals surface area contributed by atoms with E-state index in [1.807, 2.05) is 0 Å². The van der Waals surface area contributed by atoms with Gasteiger partial charge in [-0.05, 0) is 62.5 Å². The van der Waals surface area contributed by atoms with Crippen molar-refractivity contribution in [1.82, 2.24) is 4.90 Å². The fraction of sp³-hybridized carbons (Fsp3) is 0.700. The number of nitrogens with zero attached hydrogens (tertiary/aromatic N) is 1. The first-order valence-electron chi connectivity index (χ1n) is 9.36. The second-order valence-electron chi connectivity index (χ2n) is 7.66. The maximum absolute atomic E-state index is 10.4. The first kappa shape index (κ1) is 24.5. The van der Waals surface area contributed by atoms with Crippen molar-refractivity contribution in [1.29, 1.82) is 0 Å². The van der Waals surface area contributed by atoms with Crippen LogP contribution in [0.5, 0.6) is 5.75 Å². The number of ether oxygens (including phenoxy) is 2. The molecule has 1 spiro atoms. The van der Waals surface area contributed by atoms with E-state index in [1.165, 1.54) is 16.7 Å². The van der Waals surface area contributed by atoms with E-state index in [0.717, 1.165) is 44.6 Å². The molecule has 7 heteroatoms. The molecule has 1 aliphatic carbocycles. The number of rotatable bonds is 6. The smallest absolute Gasteiger partial charge is 0.122 e. The van der Waals surface area contributed by atoms with Crippen molar-refractivity contribution >= 4 is 24.8 Å². The third-order valence-corrected chi connectivity index (χ3v) is 6.21. The summed E-state index contributed by atoms with van der Waals surface area (Å²) in [6.45, 7) is 8.34. The molecule has 0 radical (unpaired) electrons. The Hall–Kier alpha value is -0.560. The molecule has 2 aliphatic rings. The first-order chi connectivity index (χ1) is 12.0. The fourth-order valence-electron chi connectivity index (χ4n) is 4.43. The number of halogens is 2. The van der Waals surface area contributed by atoms with Crippen molar-refractivity contribution in [2.45, 2.75) is 51.9 Å². The summed E-state index contributed by atoms with van der Waals surface area (Å²) in [7, 11) is 1.72. The van der Waals surface area contributed by atoms with E-state index in [9.17, 15) is 5.11 Å². The summed E-state index contributed by atoms with van der Waals surface area (Å²) in [5.74, 6) is 0.955. The summed E-state index contributed by atoms with van der Waals surface area (Å²) < 4.78 is 11.3. The molecule has 1 heterocycles. The highest BCUT2D eigenvalue weighted by atomic mass is 35.5. The molecule has 2 fully saturated rings. The van der Waals surface area contributed by atoms with Crippen LogP contribution in [-0.4, -0.2) is 55.6 Å². The van der Waals surface area contributed by atoms with E-state index in [-0.39, 0.29) is 42.4 Å². The van der Waals surface area contributed by atoms with Gasteiger partial charge in [-0.2, -0.15) is 0 Å². The highest BCUT2D eigenvalue weighted by Crippen LogP contribution is 2.51. The normalized spacial score (nSPS) is 23.9. The lowest BCUT2D eigenvalue weighted by molar-refractivity contribution is -0.210. The van der Waals surface area contributed by atoms with Gasteiger partial charge in [-0.3, -0.25) is 4.90 Å². The van der Waals surface area contributed by atoms with Crippen LogP contribution in [0, 0.1) is 19.3 Å². The Kier molecular flexibility index (Phi) is 9.32. The maximum atomic E-state index is 10.4. The lowest BCUT2D eigenvalue weighted by Gasteiger charge is -2.56. The van der Waals surface area contributed by atoms with Gasteiger partial charge in [0.1, 0.15) is 5.75 Å². The predicted molar refractivity (Wildman–Crippen MR) is 113 cm³/mol. The largest absolute Gasteiger partial charge is 0.496 e. The van der Waals surface area contributed by atoms with Gasteiger partial charge in [-0.1, -0.05) is 6.07 Å². The number of nitrogens with two attached hydrogens (primary N) is 1. The highest BCUT2D eigenvalue weighted by molar-refractivity contribution is 5.85. The van der Waals surface area contributed by atoms with Crippen molar-refractivity contribution in [3.8, 4) is 5.75 Å². The summed E-state index contributed by atoms with van der Waals surface area (Å²) in [6, 6.07) is 4.37. The number of aryl methyl sites for hydroxylation is 2. The highest BCUT2D eigenvalue weighted by Gasteiger charge is 2.55. The topological polar surface area (TPSA) is 68.0 Å². The standard InChI is InChI=1S/C20H32N2O3.2ClH/c1-14-11-17(24-3)15(2)10-16(14)13-22-7-4-20(5-8-22)18(23)12-19(20)25-9-6-21;;/h10-11,18-19,23H,4-9,12-13,21H2,1-3H3;2*1H/t18-,19+;;/m1../s1. The Morgan fingerprint density at radius 2 is 1.85 bits per heavy atom. The Bertz CT molecular complexity index is 607. The van der Waals surface area contributed by atoms with E-state index in [4.69, 9.17) is 15.2 Å². The molecule has 0 aromatic heterocycles. The lowest BCUT2D eigenvalue weighted by atomic mass is 9.58. The minimum atomic E-state index is -0.220. The first-order valence-corrected chi connectivity index (χ1v) is 9.36. The lowest BCUT2D eigenvalue weighted by Crippen LogP contribution is -2.62. The molecule has 156 valence electrons. The molecule has 5 nitrogen and oxygen atoms in total. The van der Waals surface area contributed by atoms with Gasteiger partial charge in [0.2, 0.25) is 0 Å². The summed E-state index contributed by atoms with van der Waals surface area (Å²) in [5, 5.41) is 10.4. The average Bonchev–Trinajstić information content (AvgIpc) is 2.61. The molecular weight excluding hydrogens is 387 g/mol. The molecule has 27 heavy (non-hydrogen) atoms. The second kappa shape index (κ2) is 10.3. The minimum Gasteiger partial charge on any atom is -0.496 e. The monoisotopic (exact) mass is 420 g/mol. The van der Waals surface area contributed by atoms with Gasteiger partial charge >= 0.3 is 0 Å². The van der Waals surface area contributed by atoms with Gasteiger partial charge in [0.15, 0.2) is 0 Å². The van der Waals surface area contributed by atoms with Crippen LogP contribution in [0.3, 0.4) is 0 Å². The molecule has 1 saturated carbocycles. The van der Waals surface area contributed by atoms with Crippen LogP contribution in [0.4, 0.5) is 0 Å². The maximum Gasteiger partial charge on any atom is 0.122 e. The van der Waals surface area contributed by atoms with Crippen molar-refractivity contribution < 1.29 is 14.6 Å². The quantitative estimate of drug-likeness (QED) is 0.740. The minimum absolute atomic E-state index is 0. The van der Waals surface area contributed by atoms with Crippen LogP contribution in [0.2, 0.25) is 0 Å². The molecule has 0 unspecified atom stereocenters. The molecule has 1 aromatic rings. The van der Waals surface area contributed by atoms with Crippen LogP contribution in [-0.2, 0) is 11.3 Å². The van der Waals surface area contributed by atoms with Crippen LogP contribution in [0.25, 0.3) is 0 Å². The summed E-state index contributed by atoms with van der Waals surface area (Å²) in [5.41, 5.74) is 9.33. The van der Waals surface area contributed by atoms with E-state index in [0.29, 0.717) is 13.2 Å². The second-order valence-corrected chi connectivity index (χ2v) is 7.66. The molecule has 1 saturated heterocycles. The molecule has 3 N–H and O–H groups in total. The van der Waals surface area contributed by atoms with Gasteiger partial charge < -0.3 is 20.3 Å². The molecular formula is C20H34Cl2N2O3. The predicted octanol–water partition coefficient (Wildman–Crippen LogP) is 2.85. The van der Waals surface area contributed by atoms with Crippen molar-refractivity contribution in [2.24, 2.45) is 11.1 Å². The third-order valence-electron chi connectivity index (χ3n) is 6.21. The zero-order valence-corrected chi connectivity index (χ0v) is 18.2. The van der Waals surface area contributed by atoms with Gasteiger partial charge in [-0.25, -0.2) is 0 Å². The molecule has 2 atom stereocenters. The van der Waals surface area contributed by atoms with Crippen molar-refractivity contribution in [2.75, 3.05) is 33.4 Å². The molecule has 3 rings (SSSR count). The van der Waals surface area contributed by atoms with E-state index >= 15 is 0 Å². The van der Waals surface area contributed by atoms with Gasteiger partial charge in [0.05, 0.1) is 25.9 Å². The van der Waals surface area contributed by atoms with E-state index in [1.54, 1.807) is 7.11 Å². The number of methoxy groups -OCH3 is 1. The number of hydrogen-bond donors (Lipinski definition) is 2. The zero-order chi connectivity index (χ0) is 18.0. The number of aliphatic hydroxyl groups is 1. The summed E-state index contributed by atoms with van der Waals surface area (Å²) >= 11 is 0. The Morgan fingerprint density at radius 3 is 2.41 bits per heavy atom. The average molecular weight is 421 g/mol. The van der Waals surface area contributed by atoms with Gasteiger partial charge in [0.25, 0.3) is 0 Å². The molecule has 1 aromatic carbocycles. The number of likely N-dealkylation sites (tertiary alicyclic amines) is 1. The number of piperidine rings is 1. The van der Waals surface area contributed by atoms with E-state index in [2.05, 4.69) is 30.9 Å². The Balaban J connectivity index is 0.00000182. The Labute approximate surface area is 175 Å². The van der Waals surface area contributed by atoms with E-state index < -0.39 is 0 Å². The number of aliphatic hydroxyl groups excluding tert-OH is 1. The van der Waals surface area contributed by atoms with Crippen LogP contribution in [0.1, 0.15) is 36.0 Å². The third kappa shape index (κ3) is 4.89. The van der Waals surface area contributed by atoms with Crippen molar-refractivity contribution in [3.63, 3.8) is 0 Å². The molecule has 1 aliphatic heterocycles. The summed E-state index contributed by atoms with van der Waals surface area (Å²) in [4.78, 5) is 2.49. The van der Waals surface area contributed by atoms with Crippen LogP contribution < -0.4 is 10.5 Å². The molecule has 0 bridgehead atoms. The van der Waals surface area contributed by atoms with Crippen LogP contribution >= 0.6 is 24.8 Å². The fourth-order valence-corrected chi connectivity index (χ4v) is 4.43.